The summed E-state index contributed by atoms with van der Waals surface area (Å²) < 4.78 is 26.0. The molecule has 2 heterocycles. The quantitative estimate of drug-likeness (QED) is 0.630. The van der Waals surface area contributed by atoms with Crippen LogP contribution in [0, 0.1) is 0 Å². The van der Waals surface area contributed by atoms with Gasteiger partial charge >= 0.3 is 0 Å². The summed E-state index contributed by atoms with van der Waals surface area (Å²) in [7, 11) is -3.12. The Kier molecular flexibility index (Phi) is 5.65. The van der Waals surface area contributed by atoms with E-state index in [0.29, 0.717) is 39.1 Å². The predicted molar refractivity (Wildman–Crippen MR) is 93.4 cm³/mol. The maximum atomic E-state index is 12.4. The average Bonchev–Trinajstić information content (AvgIpc) is 3.46. The van der Waals surface area contributed by atoms with Crippen molar-refractivity contribution in [2.24, 2.45) is 0 Å². The highest BCUT2D eigenvalue weighted by molar-refractivity contribution is 7.90. The predicted octanol–water partition coefficient (Wildman–Crippen LogP) is -0.823. The first-order valence-electron chi connectivity index (χ1n) is 9.12. The monoisotopic (exact) mass is 372 g/mol. The number of carbonyl (C=O) groups is 2. The fraction of sp³-hybridized carbons (Fsp3) is 0.875. The number of rotatable bonds is 5. The molecule has 1 saturated carbocycles. The lowest BCUT2D eigenvalue weighted by molar-refractivity contribution is -0.134. The van der Waals surface area contributed by atoms with Crippen molar-refractivity contribution in [2.75, 3.05) is 58.9 Å². The minimum absolute atomic E-state index is 0.0949. The highest BCUT2D eigenvalue weighted by Gasteiger charge is 2.41. The summed E-state index contributed by atoms with van der Waals surface area (Å²) in [6, 6.07) is 0. The first-order valence-corrected chi connectivity index (χ1v) is 10.6. The van der Waals surface area contributed by atoms with Crippen molar-refractivity contribution in [1.29, 1.82) is 0 Å². The molecule has 9 heteroatoms. The highest BCUT2D eigenvalue weighted by Crippen LogP contribution is 2.31. The van der Waals surface area contributed by atoms with Crippen LogP contribution in [0.25, 0.3) is 0 Å². The van der Waals surface area contributed by atoms with Crippen LogP contribution in [0.3, 0.4) is 0 Å². The lowest BCUT2D eigenvalue weighted by atomic mass is 10.2. The van der Waals surface area contributed by atoms with E-state index in [0.717, 1.165) is 39.0 Å². The van der Waals surface area contributed by atoms with Crippen molar-refractivity contribution < 1.29 is 18.0 Å². The van der Waals surface area contributed by atoms with Gasteiger partial charge in [-0.1, -0.05) is 0 Å². The van der Waals surface area contributed by atoms with Crippen LogP contribution < -0.4 is 0 Å². The smallest absolute Gasteiger partial charge is 0.223 e. The Morgan fingerprint density at radius 2 is 1.44 bits per heavy atom. The molecule has 0 radical (unpaired) electrons. The fourth-order valence-corrected chi connectivity index (χ4v) is 5.29. The molecule has 0 aromatic heterocycles. The number of sulfonamides is 1. The lowest BCUT2D eigenvalue weighted by Crippen LogP contribution is -2.52. The zero-order valence-electron chi connectivity index (χ0n) is 14.9. The summed E-state index contributed by atoms with van der Waals surface area (Å²) >= 11 is 0. The molecular weight excluding hydrogens is 344 g/mol. The Morgan fingerprint density at radius 1 is 0.880 bits per heavy atom. The lowest BCUT2D eigenvalue weighted by Gasteiger charge is -2.36. The number of amides is 2. The van der Waals surface area contributed by atoms with Gasteiger partial charge in [-0.3, -0.25) is 14.5 Å². The van der Waals surface area contributed by atoms with Crippen LogP contribution >= 0.6 is 0 Å². The molecule has 3 fully saturated rings. The van der Waals surface area contributed by atoms with Crippen LogP contribution in [0.2, 0.25) is 0 Å². The van der Waals surface area contributed by atoms with Crippen LogP contribution in [0.1, 0.15) is 26.2 Å². The van der Waals surface area contributed by atoms with Crippen LogP contribution in [0.4, 0.5) is 0 Å². The van der Waals surface area contributed by atoms with Crippen molar-refractivity contribution in [2.45, 2.75) is 31.4 Å². The minimum atomic E-state index is -3.12. The molecule has 0 atom stereocenters. The molecule has 2 saturated heterocycles. The molecule has 0 aromatic carbocycles. The summed E-state index contributed by atoms with van der Waals surface area (Å²) in [6.45, 7) is 7.16. The molecule has 3 rings (SSSR count). The highest BCUT2D eigenvalue weighted by atomic mass is 32.2. The Bertz CT molecular complexity index is 604. The molecule has 0 aromatic rings. The number of nitrogens with zero attached hydrogens (tertiary/aromatic N) is 4. The first-order chi connectivity index (χ1) is 11.9. The van der Waals surface area contributed by atoms with E-state index in [1.165, 1.54) is 0 Å². The second-order valence-electron chi connectivity index (χ2n) is 7.12. The summed E-state index contributed by atoms with van der Waals surface area (Å²) in [6.07, 6.45) is 2.01. The normalized spacial score (nSPS) is 23.7. The van der Waals surface area contributed by atoms with Gasteiger partial charge < -0.3 is 9.80 Å². The molecular formula is C16H28N4O4S. The van der Waals surface area contributed by atoms with Crippen molar-refractivity contribution in [3.63, 3.8) is 0 Å². The third-order valence-corrected chi connectivity index (χ3v) is 7.76. The van der Waals surface area contributed by atoms with Crippen molar-refractivity contribution in [1.82, 2.24) is 19.0 Å². The van der Waals surface area contributed by atoms with E-state index in [9.17, 15) is 18.0 Å². The van der Waals surface area contributed by atoms with E-state index in [1.807, 2.05) is 4.90 Å². The zero-order valence-corrected chi connectivity index (χ0v) is 15.7. The van der Waals surface area contributed by atoms with Gasteiger partial charge in [-0.05, 0) is 12.8 Å². The molecule has 1 aliphatic carbocycles. The van der Waals surface area contributed by atoms with Gasteiger partial charge in [0.2, 0.25) is 21.8 Å². The molecule has 0 unspecified atom stereocenters. The molecule has 0 spiro atoms. The number of hydrogen-bond donors (Lipinski definition) is 0. The largest absolute Gasteiger partial charge is 0.340 e. The average molecular weight is 372 g/mol. The van der Waals surface area contributed by atoms with Gasteiger partial charge in [0.15, 0.2) is 0 Å². The van der Waals surface area contributed by atoms with E-state index < -0.39 is 10.0 Å². The van der Waals surface area contributed by atoms with Gasteiger partial charge in [0.05, 0.1) is 5.25 Å². The van der Waals surface area contributed by atoms with Crippen molar-refractivity contribution in [3.8, 4) is 0 Å². The Hall–Kier alpha value is -1.19. The van der Waals surface area contributed by atoms with Gasteiger partial charge in [-0.25, -0.2) is 8.42 Å². The van der Waals surface area contributed by atoms with Gasteiger partial charge in [0.1, 0.15) is 0 Å². The van der Waals surface area contributed by atoms with Crippen LogP contribution in [-0.4, -0.2) is 103 Å². The van der Waals surface area contributed by atoms with Crippen molar-refractivity contribution in [3.05, 3.63) is 0 Å². The number of piperazine rings is 2. The summed E-state index contributed by atoms with van der Waals surface area (Å²) in [5.41, 5.74) is 0. The fourth-order valence-electron chi connectivity index (χ4n) is 3.47. The van der Waals surface area contributed by atoms with Crippen molar-refractivity contribution >= 4 is 21.8 Å². The van der Waals surface area contributed by atoms with Gasteiger partial charge in [0, 0.05) is 72.2 Å². The van der Waals surface area contributed by atoms with E-state index in [-0.39, 0.29) is 17.1 Å². The minimum Gasteiger partial charge on any atom is -0.340 e. The molecule has 2 amide bonds. The molecule has 142 valence electrons. The topological polar surface area (TPSA) is 81.2 Å². The zero-order chi connectivity index (χ0) is 18.0. The Labute approximate surface area is 149 Å². The number of hydrogen-bond acceptors (Lipinski definition) is 5. The van der Waals surface area contributed by atoms with Crippen LogP contribution in [-0.2, 0) is 19.6 Å². The first kappa shape index (κ1) is 18.6. The summed E-state index contributed by atoms with van der Waals surface area (Å²) in [4.78, 5) is 29.5. The summed E-state index contributed by atoms with van der Waals surface area (Å²) in [5.74, 6) is 0.201. The standard InChI is InChI=1S/C16H28N4O4S/c1-14(21)18-8-6-17(7-9-18)5-4-16(22)19-10-12-20(13-11-19)25(23,24)15-2-3-15/h15H,2-13H2,1H3. The third kappa shape index (κ3) is 4.51. The molecule has 8 nitrogen and oxygen atoms in total. The van der Waals surface area contributed by atoms with E-state index >= 15 is 0 Å². The second kappa shape index (κ2) is 7.59. The summed E-state index contributed by atoms with van der Waals surface area (Å²) in [5, 5.41) is -0.177. The molecule has 0 bridgehead atoms. The third-order valence-electron chi connectivity index (χ3n) is 5.36. The Morgan fingerprint density at radius 3 is 1.96 bits per heavy atom. The number of carbonyl (C=O) groups excluding carboxylic acids is 2. The molecule has 3 aliphatic rings. The van der Waals surface area contributed by atoms with E-state index in [4.69, 9.17) is 0 Å². The van der Waals surface area contributed by atoms with Gasteiger partial charge in [0.25, 0.3) is 0 Å². The molecule has 25 heavy (non-hydrogen) atoms. The SMILES string of the molecule is CC(=O)N1CCN(CCC(=O)N2CCN(S(=O)(=O)C3CC3)CC2)CC1. The van der Waals surface area contributed by atoms with Crippen LogP contribution in [0.5, 0.6) is 0 Å². The Balaban J connectivity index is 1.38. The van der Waals surface area contributed by atoms with E-state index in [1.54, 1.807) is 16.1 Å². The molecule has 2 aliphatic heterocycles. The molecule has 0 N–H and O–H groups in total. The van der Waals surface area contributed by atoms with Gasteiger partial charge in [-0.15, -0.1) is 0 Å². The van der Waals surface area contributed by atoms with Gasteiger partial charge in [-0.2, -0.15) is 4.31 Å². The van der Waals surface area contributed by atoms with Crippen LogP contribution in [0.15, 0.2) is 0 Å². The second-order valence-corrected chi connectivity index (χ2v) is 9.33. The maximum absolute atomic E-state index is 12.4. The van der Waals surface area contributed by atoms with E-state index in [2.05, 4.69) is 4.90 Å². The maximum Gasteiger partial charge on any atom is 0.223 e.